The van der Waals surface area contributed by atoms with Crippen molar-refractivity contribution in [2.75, 3.05) is 20.9 Å². The Morgan fingerprint density at radius 2 is 1.65 bits per heavy atom. The van der Waals surface area contributed by atoms with Crippen molar-refractivity contribution in [3.63, 3.8) is 0 Å². The van der Waals surface area contributed by atoms with Gasteiger partial charge in [-0.1, -0.05) is 40.2 Å². The minimum atomic E-state index is 0.304. The van der Waals surface area contributed by atoms with Crippen LogP contribution in [0.25, 0.3) is 0 Å². The fraction of sp³-hybridized carbons (Fsp3) is 0.333. The molecule has 0 radical (unpaired) electrons. The molecule has 0 saturated carbocycles. The van der Waals surface area contributed by atoms with E-state index in [0.29, 0.717) is 6.79 Å². The first-order valence-corrected chi connectivity index (χ1v) is 8.42. The van der Waals surface area contributed by atoms with E-state index in [9.17, 15) is 0 Å². The molecule has 23 heavy (non-hydrogen) atoms. The minimum Gasteiger partial charge on any atom is -0.454 e. The van der Waals surface area contributed by atoms with Crippen LogP contribution in [0.4, 0.5) is 0 Å². The summed E-state index contributed by atoms with van der Waals surface area (Å²) in [5.41, 5.74) is 3.78. The van der Waals surface area contributed by atoms with Crippen LogP contribution >= 0.6 is 15.9 Å². The lowest BCUT2D eigenvalue weighted by molar-refractivity contribution is 0.174. The predicted octanol–water partition coefficient (Wildman–Crippen LogP) is 3.53. The Hall–Kier alpha value is -1.56. The standard InChI is InChI=1S/C18H21BrN2O2/c1-21(2)11-14-5-3-13(4-6-14)9-20-10-15-7-17-18(8-16(15)19)23-12-22-17/h3-8,20H,9-12H2,1-2H3. The Balaban J connectivity index is 1.55. The van der Waals surface area contributed by atoms with E-state index in [1.807, 2.05) is 12.1 Å². The van der Waals surface area contributed by atoms with Crippen molar-refractivity contribution in [2.45, 2.75) is 19.6 Å². The molecular weight excluding hydrogens is 356 g/mol. The Labute approximate surface area is 145 Å². The smallest absolute Gasteiger partial charge is 0.231 e. The van der Waals surface area contributed by atoms with Gasteiger partial charge in [0.25, 0.3) is 0 Å². The SMILES string of the molecule is CN(C)Cc1ccc(CNCc2cc3c(cc2Br)OCO3)cc1. The first kappa shape index (κ1) is 16.3. The zero-order valence-electron chi connectivity index (χ0n) is 13.4. The number of ether oxygens (including phenoxy) is 2. The van der Waals surface area contributed by atoms with Gasteiger partial charge in [-0.05, 0) is 42.9 Å². The van der Waals surface area contributed by atoms with Gasteiger partial charge in [0, 0.05) is 24.1 Å². The zero-order chi connectivity index (χ0) is 16.2. The van der Waals surface area contributed by atoms with Gasteiger partial charge in [0.2, 0.25) is 6.79 Å². The third-order valence-corrected chi connectivity index (χ3v) is 4.45. The van der Waals surface area contributed by atoms with Gasteiger partial charge >= 0.3 is 0 Å². The summed E-state index contributed by atoms with van der Waals surface area (Å²) < 4.78 is 11.8. The number of halogens is 1. The molecular formula is C18H21BrN2O2. The van der Waals surface area contributed by atoms with Crippen molar-refractivity contribution in [2.24, 2.45) is 0 Å². The van der Waals surface area contributed by atoms with Gasteiger partial charge in [0.1, 0.15) is 0 Å². The lowest BCUT2D eigenvalue weighted by Crippen LogP contribution is -2.13. The highest BCUT2D eigenvalue weighted by Crippen LogP contribution is 2.36. The number of hydrogen-bond donors (Lipinski definition) is 1. The summed E-state index contributed by atoms with van der Waals surface area (Å²) in [6, 6.07) is 12.7. The summed E-state index contributed by atoms with van der Waals surface area (Å²) >= 11 is 3.59. The van der Waals surface area contributed by atoms with Crippen LogP contribution in [0.3, 0.4) is 0 Å². The fourth-order valence-electron chi connectivity index (χ4n) is 2.56. The molecule has 0 atom stereocenters. The second-order valence-electron chi connectivity index (χ2n) is 5.95. The third-order valence-electron chi connectivity index (χ3n) is 3.71. The Morgan fingerprint density at radius 1 is 1.00 bits per heavy atom. The van der Waals surface area contributed by atoms with Gasteiger partial charge in [-0.3, -0.25) is 0 Å². The number of hydrogen-bond acceptors (Lipinski definition) is 4. The zero-order valence-corrected chi connectivity index (χ0v) is 15.0. The van der Waals surface area contributed by atoms with Crippen LogP contribution < -0.4 is 14.8 Å². The molecule has 0 spiro atoms. The average molecular weight is 377 g/mol. The molecule has 2 aromatic rings. The van der Waals surface area contributed by atoms with Crippen LogP contribution in [-0.2, 0) is 19.6 Å². The van der Waals surface area contributed by atoms with E-state index in [4.69, 9.17) is 9.47 Å². The Kier molecular flexibility index (Phi) is 5.20. The molecule has 0 unspecified atom stereocenters. The molecule has 4 nitrogen and oxygen atoms in total. The summed E-state index contributed by atoms with van der Waals surface area (Å²) in [6.45, 7) is 2.88. The predicted molar refractivity (Wildman–Crippen MR) is 94.6 cm³/mol. The molecule has 3 rings (SSSR count). The van der Waals surface area contributed by atoms with Crippen molar-refractivity contribution in [3.05, 3.63) is 57.6 Å². The minimum absolute atomic E-state index is 0.304. The molecule has 0 aliphatic carbocycles. The molecule has 1 aliphatic heterocycles. The van der Waals surface area contributed by atoms with Crippen LogP contribution in [-0.4, -0.2) is 25.8 Å². The largest absolute Gasteiger partial charge is 0.454 e. The van der Waals surface area contributed by atoms with Crippen molar-refractivity contribution in [1.29, 1.82) is 0 Å². The summed E-state index contributed by atoms with van der Waals surface area (Å²) in [5.74, 6) is 1.62. The van der Waals surface area contributed by atoms with E-state index in [-0.39, 0.29) is 0 Å². The number of benzene rings is 2. The van der Waals surface area contributed by atoms with Gasteiger partial charge in [-0.25, -0.2) is 0 Å². The van der Waals surface area contributed by atoms with Crippen LogP contribution in [0.5, 0.6) is 11.5 Å². The maximum Gasteiger partial charge on any atom is 0.231 e. The van der Waals surface area contributed by atoms with Crippen LogP contribution in [0.1, 0.15) is 16.7 Å². The van der Waals surface area contributed by atoms with Crippen LogP contribution in [0, 0.1) is 0 Å². The summed E-state index contributed by atoms with van der Waals surface area (Å²) in [6.07, 6.45) is 0. The van der Waals surface area contributed by atoms with E-state index >= 15 is 0 Å². The number of nitrogens with one attached hydrogen (secondary N) is 1. The monoisotopic (exact) mass is 376 g/mol. The van der Waals surface area contributed by atoms with Crippen LogP contribution in [0.15, 0.2) is 40.9 Å². The summed E-state index contributed by atoms with van der Waals surface area (Å²) in [4.78, 5) is 2.17. The molecule has 0 amide bonds. The topological polar surface area (TPSA) is 33.7 Å². The lowest BCUT2D eigenvalue weighted by atomic mass is 10.1. The van der Waals surface area contributed by atoms with E-state index < -0.39 is 0 Å². The lowest BCUT2D eigenvalue weighted by Gasteiger charge is -2.11. The average Bonchev–Trinajstić information content (AvgIpc) is 2.95. The van der Waals surface area contributed by atoms with E-state index in [1.54, 1.807) is 0 Å². The Bertz CT molecular complexity index is 671. The van der Waals surface area contributed by atoms with Gasteiger partial charge in [-0.2, -0.15) is 0 Å². The highest BCUT2D eigenvalue weighted by atomic mass is 79.9. The number of nitrogens with zero attached hydrogens (tertiary/aromatic N) is 1. The molecule has 0 aromatic heterocycles. The molecule has 5 heteroatoms. The quantitative estimate of drug-likeness (QED) is 0.835. The van der Waals surface area contributed by atoms with Crippen molar-refractivity contribution >= 4 is 15.9 Å². The third kappa shape index (κ3) is 4.25. The number of rotatable bonds is 6. The molecule has 0 saturated heterocycles. The Morgan fingerprint density at radius 3 is 2.35 bits per heavy atom. The molecule has 0 bridgehead atoms. The van der Waals surface area contributed by atoms with Gasteiger partial charge in [-0.15, -0.1) is 0 Å². The maximum atomic E-state index is 5.43. The molecule has 122 valence electrons. The highest BCUT2D eigenvalue weighted by Gasteiger charge is 2.15. The first-order chi connectivity index (χ1) is 11.1. The van der Waals surface area contributed by atoms with Crippen molar-refractivity contribution < 1.29 is 9.47 Å². The summed E-state index contributed by atoms with van der Waals surface area (Å²) in [5, 5.41) is 3.47. The molecule has 1 N–H and O–H groups in total. The van der Waals surface area contributed by atoms with Gasteiger partial charge in [0.05, 0.1) is 0 Å². The molecule has 1 heterocycles. The normalized spacial score (nSPS) is 12.9. The van der Waals surface area contributed by atoms with Crippen molar-refractivity contribution in [1.82, 2.24) is 10.2 Å². The fourth-order valence-corrected chi connectivity index (χ4v) is 3.03. The summed E-state index contributed by atoms with van der Waals surface area (Å²) in [7, 11) is 4.16. The van der Waals surface area contributed by atoms with Crippen molar-refractivity contribution in [3.8, 4) is 11.5 Å². The second kappa shape index (κ2) is 7.34. The van der Waals surface area contributed by atoms with Gasteiger partial charge in [0.15, 0.2) is 11.5 Å². The maximum absolute atomic E-state index is 5.43. The van der Waals surface area contributed by atoms with Crippen LogP contribution in [0.2, 0.25) is 0 Å². The first-order valence-electron chi connectivity index (χ1n) is 7.63. The highest BCUT2D eigenvalue weighted by molar-refractivity contribution is 9.10. The van der Waals surface area contributed by atoms with Gasteiger partial charge < -0.3 is 19.7 Å². The molecule has 0 fully saturated rings. The molecule has 2 aromatic carbocycles. The number of fused-ring (bicyclic) bond motifs is 1. The van der Waals surface area contributed by atoms with E-state index in [1.165, 1.54) is 16.7 Å². The van der Waals surface area contributed by atoms with E-state index in [0.717, 1.165) is 35.6 Å². The van der Waals surface area contributed by atoms with E-state index in [2.05, 4.69) is 64.5 Å². The second-order valence-corrected chi connectivity index (χ2v) is 6.81. The molecule has 1 aliphatic rings.